The molecule has 0 amide bonds. The summed E-state index contributed by atoms with van der Waals surface area (Å²) in [5, 5.41) is 3.15. The van der Waals surface area contributed by atoms with E-state index in [4.69, 9.17) is 0 Å². The van der Waals surface area contributed by atoms with Gasteiger partial charge in [0.05, 0.1) is 0 Å². The molecule has 1 aromatic carbocycles. The maximum Gasteiger partial charge on any atom is 0.200 e. The van der Waals surface area contributed by atoms with E-state index in [2.05, 4.69) is 5.32 Å². The van der Waals surface area contributed by atoms with Gasteiger partial charge >= 0.3 is 0 Å². The molecule has 0 bridgehead atoms. The lowest BCUT2D eigenvalue weighted by molar-refractivity contribution is 0.0957. The van der Waals surface area contributed by atoms with E-state index in [1.54, 1.807) is 0 Å². The zero-order valence-electron chi connectivity index (χ0n) is 14.2. The second-order valence-electron chi connectivity index (χ2n) is 6.61. The van der Waals surface area contributed by atoms with E-state index in [9.17, 15) is 22.0 Å². The third-order valence-electron chi connectivity index (χ3n) is 5.18. The minimum Gasteiger partial charge on any atom is -0.314 e. The molecule has 0 aromatic heterocycles. The van der Waals surface area contributed by atoms with Gasteiger partial charge in [-0.05, 0) is 18.8 Å². The molecule has 26 heavy (non-hydrogen) atoms. The summed E-state index contributed by atoms with van der Waals surface area (Å²) in [6, 6.07) is -0.767. The van der Waals surface area contributed by atoms with Crippen LogP contribution >= 0.6 is 24.8 Å². The second kappa shape index (κ2) is 10.1. The maximum atomic E-state index is 14.4. The van der Waals surface area contributed by atoms with E-state index in [0.717, 1.165) is 32.1 Å². The molecule has 0 spiro atoms. The summed E-state index contributed by atoms with van der Waals surface area (Å²) in [5.74, 6) is -9.23. The van der Waals surface area contributed by atoms with Gasteiger partial charge in [-0.25, -0.2) is 22.0 Å². The van der Waals surface area contributed by atoms with Crippen molar-refractivity contribution in [1.29, 1.82) is 0 Å². The van der Waals surface area contributed by atoms with Crippen LogP contribution in [-0.4, -0.2) is 31.1 Å². The number of rotatable bonds is 3. The lowest BCUT2D eigenvalue weighted by Crippen LogP contribution is -2.47. The van der Waals surface area contributed by atoms with Crippen molar-refractivity contribution in [3.05, 3.63) is 34.6 Å². The first-order chi connectivity index (χ1) is 11.5. The first-order valence-electron chi connectivity index (χ1n) is 8.48. The zero-order chi connectivity index (χ0) is 17.3. The predicted molar refractivity (Wildman–Crippen MR) is 94.5 cm³/mol. The van der Waals surface area contributed by atoms with Gasteiger partial charge in [0.15, 0.2) is 23.3 Å². The highest BCUT2D eigenvalue weighted by atomic mass is 35.5. The Labute approximate surface area is 162 Å². The molecule has 1 N–H and O–H groups in total. The fourth-order valence-corrected chi connectivity index (χ4v) is 4.01. The van der Waals surface area contributed by atoms with Gasteiger partial charge in [-0.3, -0.25) is 4.90 Å². The van der Waals surface area contributed by atoms with Crippen LogP contribution in [0.4, 0.5) is 22.0 Å². The minimum absolute atomic E-state index is 0. The van der Waals surface area contributed by atoms with E-state index in [0.29, 0.717) is 26.2 Å². The van der Waals surface area contributed by atoms with Crippen molar-refractivity contribution in [3.63, 3.8) is 0 Å². The highest BCUT2D eigenvalue weighted by Gasteiger charge is 2.38. The molecule has 0 unspecified atom stereocenters. The van der Waals surface area contributed by atoms with Crippen LogP contribution in [0.2, 0.25) is 0 Å². The Balaban J connectivity index is 0.00000169. The zero-order valence-corrected chi connectivity index (χ0v) is 15.8. The van der Waals surface area contributed by atoms with Gasteiger partial charge in [0.2, 0.25) is 5.82 Å². The van der Waals surface area contributed by atoms with Crippen molar-refractivity contribution in [2.45, 2.75) is 38.1 Å². The molecule has 9 heteroatoms. The molecule has 1 saturated carbocycles. The van der Waals surface area contributed by atoms with Gasteiger partial charge in [0, 0.05) is 37.8 Å². The van der Waals surface area contributed by atoms with E-state index < -0.39 is 40.7 Å². The molecule has 1 saturated heterocycles. The molecule has 1 aliphatic heterocycles. The van der Waals surface area contributed by atoms with E-state index >= 15 is 0 Å². The van der Waals surface area contributed by atoms with Crippen molar-refractivity contribution in [3.8, 4) is 0 Å². The lowest BCUT2D eigenvalue weighted by atomic mass is 9.79. The summed E-state index contributed by atoms with van der Waals surface area (Å²) in [6.07, 6.45) is 4.37. The number of hydrogen-bond donors (Lipinski definition) is 1. The Morgan fingerprint density at radius 3 is 1.69 bits per heavy atom. The van der Waals surface area contributed by atoms with Gasteiger partial charge in [-0.15, -0.1) is 24.8 Å². The molecule has 1 atom stereocenters. The Kier molecular flexibility index (Phi) is 9.06. The largest absolute Gasteiger partial charge is 0.314 e. The third kappa shape index (κ3) is 4.43. The predicted octanol–water partition coefficient (Wildman–Crippen LogP) is 4.75. The van der Waals surface area contributed by atoms with Crippen LogP contribution in [0.1, 0.15) is 43.7 Å². The molecule has 2 fully saturated rings. The van der Waals surface area contributed by atoms with Crippen LogP contribution in [0.5, 0.6) is 0 Å². The Hall–Kier alpha value is -0.630. The molecule has 150 valence electrons. The van der Waals surface area contributed by atoms with Crippen molar-refractivity contribution in [2.75, 3.05) is 26.2 Å². The minimum atomic E-state index is -2.09. The van der Waals surface area contributed by atoms with Crippen molar-refractivity contribution in [2.24, 2.45) is 5.92 Å². The highest BCUT2D eigenvalue weighted by Crippen LogP contribution is 2.41. The number of halogens is 7. The fourth-order valence-electron chi connectivity index (χ4n) is 4.01. The van der Waals surface area contributed by atoms with Crippen LogP contribution in [0.25, 0.3) is 0 Å². The van der Waals surface area contributed by atoms with Gasteiger partial charge in [0.1, 0.15) is 0 Å². The Morgan fingerprint density at radius 1 is 0.731 bits per heavy atom. The number of piperazine rings is 1. The first kappa shape index (κ1) is 23.4. The second-order valence-corrected chi connectivity index (χ2v) is 6.61. The fraction of sp³-hybridized carbons (Fsp3) is 0.647. The van der Waals surface area contributed by atoms with Gasteiger partial charge in [-0.2, -0.15) is 0 Å². The van der Waals surface area contributed by atoms with Crippen molar-refractivity contribution >= 4 is 24.8 Å². The molecule has 3 rings (SSSR count). The molecule has 0 radical (unpaired) electrons. The quantitative estimate of drug-likeness (QED) is 0.431. The van der Waals surface area contributed by atoms with Crippen molar-refractivity contribution < 1.29 is 22.0 Å². The smallest absolute Gasteiger partial charge is 0.200 e. The normalized spacial score (nSPS) is 20.2. The molecule has 1 aliphatic carbocycles. The van der Waals surface area contributed by atoms with Gasteiger partial charge in [0.25, 0.3) is 0 Å². The molecule has 1 heterocycles. The highest BCUT2D eigenvalue weighted by molar-refractivity contribution is 5.85. The topological polar surface area (TPSA) is 15.3 Å². The SMILES string of the molecule is Cl.Cl.Fc1c(F)c(F)c([C@H](C2CCCCC2)N2CCNCC2)c(F)c1F. The standard InChI is InChI=1S/C17H21F5N2.2ClH/c18-12-11(13(19)15(21)16(22)14(12)20)17(10-4-2-1-3-5-10)24-8-6-23-7-9-24;;/h10,17,23H,1-9H2;2*1H/t17-;;/m0../s1. The summed E-state index contributed by atoms with van der Waals surface area (Å²) in [4.78, 5) is 1.87. The van der Waals surface area contributed by atoms with Gasteiger partial charge < -0.3 is 5.32 Å². The van der Waals surface area contributed by atoms with E-state index in [1.807, 2.05) is 4.90 Å². The van der Waals surface area contributed by atoms with Crippen LogP contribution < -0.4 is 5.32 Å². The summed E-state index contributed by atoms with van der Waals surface area (Å²) in [7, 11) is 0. The molecule has 2 aliphatic rings. The van der Waals surface area contributed by atoms with Crippen LogP contribution in [0, 0.1) is 35.0 Å². The van der Waals surface area contributed by atoms with Crippen molar-refractivity contribution in [1.82, 2.24) is 10.2 Å². The van der Waals surface area contributed by atoms with Crippen LogP contribution in [0.3, 0.4) is 0 Å². The lowest BCUT2D eigenvalue weighted by Gasteiger charge is -2.41. The maximum absolute atomic E-state index is 14.4. The van der Waals surface area contributed by atoms with E-state index in [1.165, 1.54) is 0 Å². The van der Waals surface area contributed by atoms with Crippen LogP contribution in [-0.2, 0) is 0 Å². The van der Waals surface area contributed by atoms with E-state index in [-0.39, 0.29) is 30.7 Å². The summed E-state index contributed by atoms with van der Waals surface area (Å²) in [5.41, 5.74) is -0.653. The number of benzene rings is 1. The molecule has 1 aromatic rings. The number of nitrogens with zero attached hydrogens (tertiary/aromatic N) is 1. The monoisotopic (exact) mass is 420 g/mol. The average molecular weight is 421 g/mol. The van der Waals surface area contributed by atoms with Crippen LogP contribution in [0.15, 0.2) is 0 Å². The first-order valence-corrected chi connectivity index (χ1v) is 8.48. The molecular formula is C17H23Cl2F5N2. The summed E-state index contributed by atoms with van der Waals surface area (Å²) >= 11 is 0. The Morgan fingerprint density at radius 2 is 1.19 bits per heavy atom. The number of nitrogens with one attached hydrogen (secondary N) is 1. The summed E-state index contributed by atoms with van der Waals surface area (Å²) < 4.78 is 69.6. The summed E-state index contributed by atoms with van der Waals surface area (Å²) in [6.45, 7) is 2.33. The molecule has 2 nitrogen and oxygen atoms in total. The third-order valence-corrected chi connectivity index (χ3v) is 5.18. The average Bonchev–Trinajstić information content (AvgIpc) is 2.63. The Bertz CT molecular complexity index is 558. The molecular weight excluding hydrogens is 398 g/mol. The van der Waals surface area contributed by atoms with Gasteiger partial charge in [-0.1, -0.05) is 19.3 Å². The number of hydrogen-bond acceptors (Lipinski definition) is 2.